The van der Waals surface area contributed by atoms with Crippen LogP contribution in [-0.4, -0.2) is 36.2 Å². The van der Waals surface area contributed by atoms with Crippen molar-refractivity contribution in [2.24, 2.45) is 11.8 Å². The molecule has 1 N–H and O–H groups in total. The Morgan fingerprint density at radius 1 is 1.00 bits per heavy atom. The van der Waals surface area contributed by atoms with Gasteiger partial charge in [0.2, 0.25) is 0 Å². The number of nitrogens with zero attached hydrogens (tertiary/aromatic N) is 2. The SMILES string of the molecule is CC(C)OC(=O)Cc1cccc(-c2ccnc(N[C@@H]3CCCC[C@H]3C[C@H]3CCCN(c4ccc(C(F)(F)F)cc4)C3)c2)c1. The van der Waals surface area contributed by atoms with E-state index < -0.39 is 11.7 Å². The predicted molar refractivity (Wildman–Crippen MR) is 165 cm³/mol. The fraction of sp³-hybridized carbons (Fsp3) is 0.486. The summed E-state index contributed by atoms with van der Waals surface area (Å²) in [5.41, 5.74) is 3.27. The standard InChI is InChI=1S/C35H42F3N3O2/c1-24(2)43-34(42)21-25-7-5-10-27(19-25)28-16-17-39-33(22-28)40-32-11-4-3-9-29(32)20-26-8-6-18-41(23-26)31-14-12-30(13-15-31)35(36,37)38/h5,7,10,12-17,19,22,24,26,29,32H,3-4,6,8-9,11,18,20-21,23H2,1-2H3,(H,39,40)/t26-,29+,32-/m1/s1. The molecule has 1 aliphatic heterocycles. The van der Waals surface area contributed by atoms with Gasteiger partial charge < -0.3 is 15.0 Å². The van der Waals surface area contributed by atoms with Crippen molar-refractivity contribution < 1.29 is 22.7 Å². The van der Waals surface area contributed by atoms with Gasteiger partial charge in [0.25, 0.3) is 0 Å². The maximum Gasteiger partial charge on any atom is 0.416 e. The third-order valence-corrected chi connectivity index (χ3v) is 8.69. The topological polar surface area (TPSA) is 54.5 Å². The zero-order chi connectivity index (χ0) is 30.4. The highest BCUT2D eigenvalue weighted by Crippen LogP contribution is 2.36. The zero-order valence-corrected chi connectivity index (χ0v) is 25.1. The summed E-state index contributed by atoms with van der Waals surface area (Å²) in [6.45, 7) is 5.46. The zero-order valence-electron chi connectivity index (χ0n) is 25.1. The largest absolute Gasteiger partial charge is 0.463 e. The number of carbonyl (C=O) groups excluding carboxylic acids is 1. The van der Waals surface area contributed by atoms with E-state index in [0.717, 1.165) is 67.0 Å². The van der Waals surface area contributed by atoms with Gasteiger partial charge in [0.05, 0.1) is 18.1 Å². The first kappa shape index (κ1) is 30.9. The molecule has 1 aliphatic carbocycles. The quantitative estimate of drug-likeness (QED) is 0.252. The molecular weight excluding hydrogens is 551 g/mol. The van der Waals surface area contributed by atoms with Crippen molar-refractivity contribution in [1.29, 1.82) is 0 Å². The first-order chi connectivity index (χ1) is 20.6. The summed E-state index contributed by atoms with van der Waals surface area (Å²) >= 11 is 0. The van der Waals surface area contributed by atoms with E-state index in [4.69, 9.17) is 4.74 Å². The smallest absolute Gasteiger partial charge is 0.416 e. The fourth-order valence-electron chi connectivity index (χ4n) is 6.67. The Bertz CT molecular complexity index is 1360. The lowest BCUT2D eigenvalue weighted by Crippen LogP contribution is -2.39. The molecule has 43 heavy (non-hydrogen) atoms. The van der Waals surface area contributed by atoms with Crippen LogP contribution in [0.25, 0.3) is 11.1 Å². The maximum absolute atomic E-state index is 13.0. The summed E-state index contributed by atoms with van der Waals surface area (Å²) in [7, 11) is 0. The molecule has 2 heterocycles. The number of hydrogen-bond acceptors (Lipinski definition) is 5. The molecule has 8 heteroatoms. The van der Waals surface area contributed by atoms with Gasteiger partial charge in [-0.25, -0.2) is 4.98 Å². The number of nitrogens with one attached hydrogen (secondary N) is 1. The number of hydrogen-bond donors (Lipinski definition) is 1. The van der Waals surface area contributed by atoms with Gasteiger partial charge in [0.1, 0.15) is 5.82 Å². The van der Waals surface area contributed by atoms with Crippen LogP contribution < -0.4 is 10.2 Å². The molecule has 230 valence electrons. The van der Waals surface area contributed by atoms with E-state index in [-0.39, 0.29) is 18.5 Å². The Morgan fingerprint density at radius 2 is 1.77 bits per heavy atom. The lowest BCUT2D eigenvalue weighted by molar-refractivity contribution is -0.146. The van der Waals surface area contributed by atoms with E-state index in [1.807, 2.05) is 50.4 Å². The van der Waals surface area contributed by atoms with Gasteiger partial charge in [-0.3, -0.25) is 4.79 Å². The molecule has 5 nitrogen and oxygen atoms in total. The van der Waals surface area contributed by atoms with Crippen LogP contribution in [0, 0.1) is 11.8 Å². The van der Waals surface area contributed by atoms with Crippen LogP contribution in [0.4, 0.5) is 24.7 Å². The van der Waals surface area contributed by atoms with Crippen molar-refractivity contribution in [3.05, 3.63) is 78.0 Å². The monoisotopic (exact) mass is 593 g/mol. The number of alkyl halides is 3. The Hall–Kier alpha value is -3.55. The molecule has 5 rings (SSSR count). The van der Waals surface area contributed by atoms with E-state index in [0.29, 0.717) is 17.9 Å². The average molecular weight is 594 g/mol. The van der Waals surface area contributed by atoms with Gasteiger partial charge in [0.15, 0.2) is 0 Å². The molecule has 0 amide bonds. The number of ether oxygens (including phenoxy) is 1. The van der Waals surface area contributed by atoms with Crippen molar-refractivity contribution in [2.45, 2.75) is 83.5 Å². The maximum atomic E-state index is 13.0. The van der Waals surface area contributed by atoms with Crippen LogP contribution in [0.2, 0.25) is 0 Å². The first-order valence-corrected chi connectivity index (χ1v) is 15.6. The first-order valence-electron chi connectivity index (χ1n) is 15.6. The van der Waals surface area contributed by atoms with Crippen LogP contribution in [0.3, 0.4) is 0 Å². The van der Waals surface area contributed by atoms with Gasteiger partial charge in [-0.05, 0) is 111 Å². The number of piperidine rings is 1. The molecule has 1 saturated carbocycles. The number of halogens is 3. The molecule has 3 atom stereocenters. The molecule has 0 spiro atoms. The third kappa shape index (κ3) is 8.52. The second-order valence-corrected chi connectivity index (χ2v) is 12.4. The molecular formula is C35H42F3N3O2. The summed E-state index contributed by atoms with van der Waals surface area (Å²) in [4.78, 5) is 19.1. The molecule has 0 radical (unpaired) electrons. The second-order valence-electron chi connectivity index (χ2n) is 12.4. The van der Waals surface area contributed by atoms with E-state index in [9.17, 15) is 18.0 Å². The highest BCUT2D eigenvalue weighted by Gasteiger charge is 2.32. The third-order valence-electron chi connectivity index (χ3n) is 8.69. The van der Waals surface area contributed by atoms with Crippen LogP contribution in [0.1, 0.15) is 69.9 Å². The van der Waals surface area contributed by atoms with Gasteiger partial charge in [0, 0.05) is 31.0 Å². The minimum absolute atomic E-state index is 0.135. The van der Waals surface area contributed by atoms with Crippen molar-refractivity contribution in [3.8, 4) is 11.1 Å². The van der Waals surface area contributed by atoms with Crippen LogP contribution in [0.15, 0.2) is 66.9 Å². The van der Waals surface area contributed by atoms with Crippen molar-refractivity contribution in [1.82, 2.24) is 4.98 Å². The predicted octanol–water partition coefficient (Wildman–Crippen LogP) is 8.54. The lowest BCUT2D eigenvalue weighted by Gasteiger charge is -2.39. The van der Waals surface area contributed by atoms with Crippen LogP contribution >= 0.6 is 0 Å². The molecule has 0 unspecified atom stereocenters. The van der Waals surface area contributed by atoms with E-state index >= 15 is 0 Å². The minimum Gasteiger partial charge on any atom is -0.463 e. The van der Waals surface area contributed by atoms with E-state index in [1.54, 1.807) is 12.1 Å². The summed E-state index contributed by atoms with van der Waals surface area (Å²) in [5, 5.41) is 3.76. The summed E-state index contributed by atoms with van der Waals surface area (Å²) in [5.74, 6) is 1.65. The Balaban J connectivity index is 1.22. The fourth-order valence-corrected chi connectivity index (χ4v) is 6.67. The molecule has 2 aromatic carbocycles. The normalized spacial score (nSPS) is 21.1. The highest BCUT2D eigenvalue weighted by atomic mass is 19.4. The average Bonchev–Trinajstić information content (AvgIpc) is 2.98. The van der Waals surface area contributed by atoms with Gasteiger partial charge >= 0.3 is 12.1 Å². The number of benzene rings is 2. The number of esters is 1. The number of pyridine rings is 1. The summed E-state index contributed by atoms with van der Waals surface area (Å²) in [6, 6.07) is 18.0. The molecule has 3 aromatic rings. The highest BCUT2D eigenvalue weighted by molar-refractivity contribution is 5.74. The summed E-state index contributed by atoms with van der Waals surface area (Å²) < 4.78 is 44.4. The van der Waals surface area contributed by atoms with E-state index in [1.165, 1.54) is 31.4 Å². The minimum atomic E-state index is -4.31. The second kappa shape index (κ2) is 13.8. The van der Waals surface area contributed by atoms with Crippen LogP contribution in [0.5, 0.6) is 0 Å². The number of anilines is 2. The van der Waals surface area contributed by atoms with Crippen molar-refractivity contribution in [3.63, 3.8) is 0 Å². The van der Waals surface area contributed by atoms with Crippen molar-refractivity contribution >= 4 is 17.5 Å². The van der Waals surface area contributed by atoms with Gasteiger partial charge in [-0.2, -0.15) is 13.2 Å². The number of rotatable bonds is 9. The van der Waals surface area contributed by atoms with E-state index in [2.05, 4.69) is 21.3 Å². The lowest BCUT2D eigenvalue weighted by atomic mass is 9.77. The number of carbonyl (C=O) groups is 1. The van der Waals surface area contributed by atoms with Gasteiger partial charge in [-0.15, -0.1) is 0 Å². The number of aromatic nitrogens is 1. The van der Waals surface area contributed by atoms with Crippen molar-refractivity contribution in [2.75, 3.05) is 23.3 Å². The summed E-state index contributed by atoms with van der Waals surface area (Å²) in [6.07, 6.45) is 5.59. The van der Waals surface area contributed by atoms with Gasteiger partial charge in [-0.1, -0.05) is 37.1 Å². The Labute approximate surface area is 252 Å². The molecule has 0 bridgehead atoms. The Kier molecular flexibility index (Phi) is 9.93. The molecule has 1 aromatic heterocycles. The molecule has 2 aliphatic rings. The molecule has 2 fully saturated rings. The Morgan fingerprint density at radius 3 is 2.53 bits per heavy atom. The van der Waals surface area contributed by atoms with Crippen LogP contribution in [-0.2, 0) is 22.1 Å². The molecule has 1 saturated heterocycles.